The van der Waals surface area contributed by atoms with Gasteiger partial charge in [0.15, 0.2) is 0 Å². The van der Waals surface area contributed by atoms with Crippen LogP contribution in [0.5, 0.6) is 0 Å². The van der Waals surface area contributed by atoms with Gasteiger partial charge in [-0.2, -0.15) is 5.10 Å². The maximum Gasteiger partial charge on any atom is 0.257 e. The van der Waals surface area contributed by atoms with E-state index in [1.807, 2.05) is 6.92 Å². The molecular formula is C14H22N4O3. The van der Waals surface area contributed by atoms with Crippen LogP contribution in [-0.4, -0.2) is 52.3 Å². The lowest BCUT2D eigenvalue weighted by molar-refractivity contribution is -0.121. The number of likely N-dealkylation sites (tertiary alicyclic amines) is 1. The van der Waals surface area contributed by atoms with Gasteiger partial charge in [-0.25, -0.2) is 0 Å². The minimum Gasteiger partial charge on any atom is -0.382 e. The molecule has 2 rings (SSSR count). The number of nitrogens with two attached hydrogens (primary N) is 1. The van der Waals surface area contributed by atoms with E-state index in [9.17, 15) is 9.59 Å². The highest BCUT2D eigenvalue weighted by atomic mass is 16.5. The second kappa shape index (κ2) is 6.26. The molecule has 0 aromatic carbocycles. The van der Waals surface area contributed by atoms with Crippen LogP contribution in [0.25, 0.3) is 0 Å². The summed E-state index contributed by atoms with van der Waals surface area (Å²) in [5.41, 5.74) is 5.26. The number of methoxy groups -OCH3 is 1. The summed E-state index contributed by atoms with van der Waals surface area (Å²) in [5.74, 6) is -0.540. The Morgan fingerprint density at radius 3 is 2.86 bits per heavy atom. The zero-order chi connectivity index (χ0) is 15.5. The molecule has 0 saturated carbocycles. The molecule has 2 N–H and O–H groups in total. The van der Waals surface area contributed by atoms with Crippen molar-refractivity contribution in [2.24, 2.45) is 5.73 Å². The highest BCUT2D eigenvalue weighted by Gasteiger charge is 2.45. The summed E-state index contributed by atoms with van der Waals surface area (Å²) >= 11 is 0. The number of aromatic nitrogens is 2. The number of carbonyl (C=O) groups excluding carboxylic acids is 2. The van der Waals surface area contributed by atoms with Crippen molar-refractivity contribution in [2.45, 2.75) is 38.3 Å². The Labute approximate surface area is 124 Å². The third-order valence-corrected chi connectivity index (χ3v) is 3.96. The fraction of sp³-hybridized carbons (Fsp3) is 0.643. The Balaban J connectivity index is 2.26. The topological polar surface area (TPSA) is 90.5 Å². The van der Waals surface area contributed by atoms with Gasteiger partial charge in [-0.15, -0.1) is 0 Å². The first-order valence-corrected chi connectivity index (χ1v) is 7.14. The highest BCUT2D eigenvalue weighted by Crippen LogP contribution is 2.34. The van der Waals surface area contributed by atoms with Crippen LogP contribution < -0.4 is 5.73 Å². The van der Waals surface area contributed by atoms with Crippen molar-refractivity contribution < 1.29 is 14.3 Å². The Bertz CT molecular complexity index is 528. The van der Waals surface area contributed by atoms with Crippen molar-refractivity contribution in [3.8, 4) is 0 Å². The van der Waals surface area contributed by atoms with E-state index in [1.54, 1.807) is 29.1 Å². The van der Waals surface area contributed by atoms with Crippen LogP contribution in [0.1, 0.15) is 36.5 Å². The largest absolute Gasteiger partial charge is 0.382 e. The summed E-state index contributed by atoms with van der Waals surface area (Å²) in [6.07, 6.45) is 4.96. The molecule has 0 bridgehead atoms. The van der Waals surface area contributed by atoms with Crippen molar-refractivity contribution in [1.29, 1.82) is 0 Å². The fourth-order valence-electron chi connectivity index (χ4n) is 3.04. The predicted molar refractivity (Wildman–Crippen MR) is 76.6 cm³/mol. The number of nitrogens with zero attached hydrogens (tertiary/aromatic N) is 3. The molecule has 7 heteroatoms. The fourth-order valence-corrected chi connectivity index (χ4v) is 3.04. The maximum atomic E-state index is 12.7. The molecule has 21 heavy (non-hydrogen) atoms. The summed E-state index contributed by atoms with van der Waals surface area (Å²) in [4.78, 5) is 25.8. The summed E-state index contributed by atoms with van der Waals surface area (Å²) in [5, 5.41) is 4.13. The number of hydrogen-bond donors (Lipinski definition) is 1. The Kier molecular flexibility index (Phi) is 4.62. The van der Waals surface area contributed by atoms with Gasteiger partial charge in [0.25, 0.3) is 5.91 Å². The van der Waals surface area contributed by atoms with Gasteiger partial charge in [0.2, 0.25) is 5.91 Å². The van der Waals surface area contributed by atoms with Gasteiger partial charge in [-0.1, -0.05) is 0 Å². The minimum atomic E-state index is -0.633. The lowest BCUT2D eigenvalue weighted by Crippen LogP contribution is -2.52. The zero-order valence-electron chi connectivity index (χ0n) is 12.5. The second-order valence-corrected chi connectivity index (χ2v) is 5.45. The number of amides is 2. The third-order valence-electron chi connectivity index (χ3n) is 3.96. The first-order chi connectivity index (χ1) is 10.0. The standard InChI is InChI=1S/C14H22N4O3/c1-3-17-9-11(8-16-17)13(20)18-6-4-5-14(18,10-21-2)7-12(15)19/h8-9H,3-7,10H2,1-2H3,(H2,15,19)/t14-/m0/s1. The lowest BCUT2D eigenvalue weighted by Gasteiger charge is -2.37. The van der Waals surface area contributed by atoms with Gasteiger partial charge >= 0.3 is 0 Å². The first-order valence-electron chi connectivity index (χ1n) is 7.14. The van der Waals surface area contributed by atoms with Crippen molar-refractivity contribution in [3.63, 3.8) is 0 Å². The van der Waals surface area contributed by atoms with Crippen LogP contribution in [0.15, 0.2) is 12.4 Å². The molecule has 1 saturated heterocycles. The lowest BCUT2D eigenvalue weighted by atomic mass is 9.92. The number of primary amides is 1. The Hall–Kier alpha value is -1.89. The minimum absolute atomic E-state index is 0.120. The van der Waals surface area contributed by atoms with Crippen molar-refractivity contribution in [3.05, 3.63) is 18.0 Å². The maximum absolute atomic E-state index is 12.7. The number of rotatable bonds is 6. The molecule has 116 valence electrons. The monoisotopic (exact) mass is 294 g/mol. The van der Waals surface area contributed by atoms with Gasteiger partial charge in [-0.3, -0.25) is 14.3 Å². The van der Waals surface area contributed by atoms with Gasteiger partial charge in [0.05, 0.1) is 30.3 Å². The number of ether oxygens (including phenoxy) is 1. The van der Waals surface area contributed by atoms with Gasteiger partial charge < -0.3 is 15.4 Å². The summed E-state index contributed by atoms with van der Waals surface area (Å²) < 4.78 is 6.95. The Morgan fingerprint density at radius 1 is 1.52 bits per heavy atom. The summed E-state index contributed by atoms with van der Waals surface area (Å²) in [6, 6.07) is 0. The van der Waals surface area contributed by atoms with Crippen LogP contribution in [-0.2, 0) is 16.1 Å². The number of aryl methyl sites for hydroxylation is 1. The van der Waals surface area contributed by atoms with Crippen LogP contribution in [0.4, 0.5) is 0 Å². The van der Waals surface area contributed by atoms with Crippen LogP contribution in [0.3, 0.4) is 0 Å². The second-order valence-electron chi connectivity index (χ2n) is 5.45. The molecule has 0 unspecified atom stereocenters. The highest BCUT2D eigenvalue weighted by molar-refractivity contribution is 5.95. The predicted octanol–water partition coefficient (Wildman–Crippen LogP) is 0.400. The number of carbonyl (C=O) groups is 2. The van der Waals surface area contributed by atoms with E-state index < -0.39 is 11.4 Å². The van der Waals surface area contributed by atoms with Crippen LogP contribution >= 0.6 is 0 Å². The smallest absolute Gasteiger partial charge is 0.257 e. The van der Waals surface area contributed by atoms with E-state index in [2.05, 4.69) is 5.10 Å². The van der Waals surface area contributed by atoms with E-state index in [0.717, 1.165) is 12.8 Å². The molecule has 0 radical (unpaired) electrons. The zero-order valence-corrected chi connectivity index (χ0v) is 12.5. The molecule has 7 nitrogen and oxygen atoms in total. The van der Waals surface area contributed by atoms with E-state index >= 15 is 0 Å². The SMILES string of the molecule is CCn1cc(C(=O)N2CCC[C@@]2(COC)CC(N)=O)cn1. The van der Waals surface area contributed by atoms with Gasteiger partial charge in [-0.05, 0) is 19.8 Å². The normalized spacial score (nSPS) is 21.7. The van der Waals surface area contributed by atoms with E-state index in [-0.39, 0.29) is 12.3 Å². The molecule has 1 aliphatic heterocycles. The first kappa shape index (κ1) is 15.5. The molecule has 1 atom stereocenters. The number of hydrogen-bond acceptors (Lipinski definition) is 4. The Morgan fingerprint density at radius 2 is 2.29 bits per heavy atom. The molecular weight excluding hydrogens is 272 g/mol. The molecule has 2 heterocycles. The molecule has 0 aliphatic carbocycles. The average molecular weight is 294 g/mol. The van der Waals surface area contributed by atoms with Crippen LogP contribution in [0.2, 0.25) is 0 Å². The van der Waals surface area contributed by atoms with E-state index in [0.29, 0.717) is 25.3 Å². The van der Waals surface area contributed by atoms with Crippen molar-refractivity contribution in [2.75, 3.05) is 20.3 Å². The van der Waals surface area contributed by atoms with Crippen molar-refractivity contribution in [1.82, 2.24) is 14.7 Å². The van der Waals surface area contributed by atoms with E-state index in [1.165, 1.54) is 0 Å². The third kappa shape index (κ3) is 3.07. The summed E-state index contributed by atoms with van der Waals surface area (Å²) in [6.45, 7) is 3.58. The molecule has 1 fully saturated rings. The quantitative estimate of drug-likeness (QED) is 0.822. The van der Waals surface area contributed by atoms with Crippen LogP contribution in [0, 0.1) is 0 Å². The molecule has 0 spiro atoms. The summed E-state index contributed by atoms with van der Waals surface area (Å²) in [7, 11) is 1.57. The average Bonchev–Trinajstić information content (AvgIpc) is 3.04. The van der Waals surface area contributed by atoms with E-state index in [4.69, 9.17) is 10.5 Å². The van der Waals surface area contributed by atoms with Crippen molar-refractivity contribution >= 4 is 11.8 Å². The molecule has 1 aromatic heterocycles. The van der Waals surface area contributed by atoms with Gasteiger partial charge in [0, 0.05) is 26.4 Å². The molecule has 1 aliphatic rings. The molecule has 1 aromatic rings. The van der Waals surface area contributed by atoms with Gasteiger partial charge in [0.1, 0.15) is 0 Å². The molecule has 2 amide bonds.